The van der Waals surface area contributed by atoms with Crippen molar-refractivity contribution in [3.63, 3.8) is 0 Å². The van der Waals surface area contributed by atoms with Crippen molar-refractivity contribution >= 4 is 28.8 Å². The largest absolute Gasteiger partial charge is 0.365 e. The van der Waals surface area contributed by atoms with E-state index in [9.17, 15) is 19.3 Å². The zero-order chi connectivity index (χ0) is 17.1. The minimum absolute atomic E-state index is 0.0613. The van der Waals surface area contributed by atoms with E-state index >= 15 is 0 Å². The van der Waals surface area contributed by atoms with Crippen molar-refractivity contribution in [2.45, 2.75) is 13.5 Å². The van der Waals surface area contributed by atoms with Gasteiger partial charge in [0.1, 0.15) is 11.5 Å². The third-order valence-corrected chi connectivity index (χ3v) is 3.80. The van der Waals surface area contributed by atoms with Gasteiger partial charge in [0.2, 0.25) is 0 Å². The Morgan fingerprint density at radius 1 is 1.35 bits per heavy atom. The molecule has 5 nitrogen and oxygen atoms in total. The van der Waals surface area contributed by atoms with Crippen molar-refractivity contribution in [2.75, 3.05) is 11.9 Å². The van der Waals surface area contributed by atoms with Crippen molar-refractivity contribution in [1.82, 2.24) is 0 Å². The highest BCUT2D eigenvalue weighted by Gasteiger charge is 2.20. The summed E-state index contributed by atoms with van der Waals surface area (Å²) in [6.07, 6.45) is 0. The van der Waals surface area contributed by atoms with Crippen LogP contribution in [0.5, 0.6) is 0 Å². The number of Topliss-reactive ketones (excluding diaryl/α,β-unsaturated/α-hetero) is 1. The molecule has 23 heavy (non-hydrogen) atoms. The summed E-state index contributed by atoms with van der Waals surface area (Å²) >= 11 is 5.98. The second-order valence-corrected chi connectivity index (χ2v) is 5.48. The van der Waals surface area contributed by atoms with Gasteiger partial charge in [-0.2, -0.15) is 0 Å². The predicted molar refractivity (Wildman–Crippen MR) is 86.6 cm³/mol. The molecule has 0 bridgehead atoms. The molecule has 120 valence electrons. The van der Waals surface area contributed by atoms with Crippen LogP contribution in [0.2, 0.25) is 5.02 Å². The Morgan fingerprint density at radius 2 is 2.04 bits per heavy atom. The molecular formula is C16H14ClFN2O3. The van der Waals surface area contributed by atoms with Crippen LogP contribution in [0.3, 0.4) is 0 Å². The Bertz CT molecular complexity index is 760. The van der Waals surface area contributed by atoms with Crippen LogP contribution in [0.1, 0.15) is 22.8 Å². The Kier molecular flexibility index (Phi) is 4.95. The number of hydrogen-bond donors (Lipinski definition) is 0. The third-order valence-electron chi connectivity index (χ3n) is 3.45. The van der Waals surface area contributed by atoms with Crippen molar-refractivity contribution in [3.05, 3.63) is 68.5 Å². The number of nitro benzene ring substituents is 1. The van der Waals surface area contributed by atoms with E-state index in [0.29, 0.717) is 0 Å². The van der Waals surface area contributed by atoms with Gasteiger partial charge in [0.05, 0.1) is 4.92 Å². The highest BCUT2D eigenvalue weighted by Crippen LogP contribution is 2.31. The van der Waals surface area contributed by atoms with E-state index in [1.165, 1.54) is 42.2 Å². The van der Waals surface area contributed by atoms with E-state index < -0.39 is 10.7 Å². The zero-order valence-corrected chi connectivity index (χ0v) is 13.3. The quantitative estimate of drug-likeness (QED) is 0.465. The van der Waals surface area contributed by atoms with Gasteiger partial charge >= 0.3 is 0 Å². The molecule has 0 N–H and O–H groups in total. The Morgan fingerprint density at radius 3 is 2.61 bits per heavy atom. The van der Waals surface area contributed by atoms with Crippen molar-refractivity contribution < 1.29 is 14.1 Å². The molecule has 0 saturated carbocycles. The fourth-order valence-corrected chi connectivity index (χ4v) is 2.44. The van der Waals surface area contributed by atoms with Crippen LogP contribution in [0.15, 0.2) is 36.4 Å². The lowest BCUT2D eigenvalue weighted by Gasteiger charge is -2.20. The average molecular weight is 337 g/mol. The van der Waals surface area contributed by atoms with E-state index in [1.54, 1.807) is 13.1 Å². The van der Waals surface area contributed by atoms with Crippen LogP contribution >= 0.6 is 11.6 Å². The fraction of sp³-hybridized carbons (Fsp3) is 0.188. The van der Waals surface area contributed by atoms with E-state index in [2.05, 4.69) is 0 Å². The molecule has 0 amide bonds. The summed E-state index contributed by atoms with van der Waals surface area (Å²) in [5.74, 6) is -0.744. The number of ketones is 1. The molecule has 7 heteroatoms. The number of benzene rings is 2. The summed E-state index contributed by atoms with van der Waals surface area (Å²) in [6.45, 7) is 1.40. The van der Waals surface area contributed by atoms with E-state index in [4.69, 9.17) is 11.6 Å². The number of carbonyl (C=O) groups is 1. The zero-order valence-electron chi connectivity index (χ0n) is 12.5. The third kappa shape index (κ3) is 3.65. The number of halogens is 2. The van der Waals surface area contributed by atoms with Crippen molar-refractivity contribution in [1.29, 1.82) is 0 Å². The number of carbonyl (C=O) groups excluding carboxylic acids is 1. The van der Waals surface area contributed by atoms with Crippen molar-refractivity contribution in [2.24, 2.45) is 0 Å². The summed E-state index contributed by atoms with van der Waals surface area (Å²) in [4.78, 5) is 23.6. The van der Waals surface area contributed by atoms with Gasteiger partial charge in [0.25, 0.3) is 5.69 Å². The van der Waals surface area contributed by atoms with Crippen LogP contribution in [-0.2, 0) is 6.54 Å². The normalized spacial score (nSPS) is 10.4. The van der Waals surface area contributed by atoms with Gasteiger partial charge in [-0.3, -0.25) is 14.9 Å². The summed E-state index contributed by atoms with van der Waals surface area (Å²) in [7, 11) is 1.60. The summed E-state index contributed by atoms with van der Waals surface area (Å²) in [6, 6.07) is 8.53. The lowest BCUT2D eigenvalue weighted by Crippen LogP contribution is -2.19. The van der Waals surface area contributed by atoms with Crippen LogP contribution < -0.4 is 4.90 Å². The predicted octanol–water partition coefficient (Wildman–Crippen LogP) is 4.23. The van der Waals surface area contributed by atoms with Gasteiger partial charge < -0.3 is 4.90 Å². The fourth-order valence-electron chi connectivity index (χ4n) is 2.22. The topological polar surface area (TPSA) is 63.5 Å². The first kappa shape index (κ1) is 16.9. The number of hydrogen-bond acceptors (Lipinski definition) is 4. The van der Waals surface area contributed by atoms with Crippen LogP contribution in [0.25, 0.3) is 0 Å². The molecule has 0 aliphatic rings. The number of anilines is 1. The van der Waals surface area contributed by atoms with Gasteiger partial charge in [-0.05, 0) is 31.2 Å². The maximum absolute atomic E-state index is 13.9. The number of nitro groups is 1. The van der Waals surface area contributed by atoms with E-state index in [1.807, 2.05) is 0 Å². The monoisotopic (exact) mass is 336 g/mol. The molecule has 0 heterocycles. The minimum Gasteiger partial charge on any atom is -0.365 e. The van der Waals surface area contributed by atoms with E-state index in [0.717, 1.165) is 0 Å². The first-order chi connectivity index (χ1) is 10.8. The molecule has 2 rings (SSSR count). The lowest BCUT2D eigenvalue weighted by atomic mass is 10.1. The molecular weight excluding hydrogens is 323 g/mol. The van der Waals surface area contributed by atoms with Gasteiger partial charge in [0.15, 0.2) is 5.78 Å². The molecule has 0 atom stereocenters. The van der Waals surface area contributed by atoms with Crippen molar-refractivity contribution in [3.8, 4) is 0 Å². The van der Waals surface area contributed by atoms with Crippen LogP contribution in [-0.4, -0.2) is 17.8 Å². The molecule has 0 saturated heterocycles. The Labute approximate surface area is 137 Å². The van der Waals surface area contributed by atoms with Crippen LogP contribution in [0, 0.1) is 15.9 Å². The van der Waals surface area contributed by atoms with Gasteiger partial charge in [-0.15, -0.1) is 0 Å². The first-order valence-electron chi connectivity index (χ1n) is 6.74. The van der Waals surface area contributed by atoms with Gasteiger partial charge in [-0.25, -0.2) is 4.39 Å². The molecule has 2 aromatic rings. The first-order valence-corrected chi connectivity index (χ1v) is 7.12. The molecule has 0 unspecified atom stereocenters. The molecule has 0 spiro atoms. The molecule has 0 fully saturated rings. The maximum Gasteiger partial charge on any atom is 0.293 e. The molecule has 0 aromatic heterocycles. The van der Waals surface area contributed by atoms with E-state index in [-0.39, 0.29) is 39.9 Å². The molecule has 2 aromatic carbocycles. The molecule has 0 aliphatic carbocycles. The number of nitrogens with zero attached hydrogens (tertiary/aromatic N) is 2. The minimum atomic E-state index is -0.568. The Balaban J connectivity index is 2.41. The highest BCUT2D eigenvalue weighted by molar-refractivity contribution is 6.31. The smallest absolute Gasteiger partial charge is 0.293 e. The lowest BCUT2D eigenvalue weighted by molar-refractivity contribution is -0.384. The maximum atomic E-state index is 13.9. The standard InChI is InChI=1S/C16H14ClFN2O3/c1-10(21)11-6-7-15(16(8-11)20(22)23)19(2)9-12-13(17)4-3-5-14(12)18/h3-8H,9H2,1-2H3. The molecule has 0 radical (unpaired) electrons. The number of rotatable bonds is 5. The highest BCUT2D eigenvalue weighted by atomic mass is 35.5. The van der Waals surface area contributed by atoms with Crippen LogP contribution in [0.4, 0.5) is 15.8 Å². The second-order valence-electron chi connectivity index (χ2n) is 5.07. The SMILES string of the molecule is CC(=O)c1ccc(N(C)Cc2c(F)cccc2Cl)c([N+](=O)[O-])c1. The summed E-state index contributed by atoms with van der Waals surface area (Å²) in [5, 5.41) is 11.5. The average Bonchev–Trinajstić information content (AvgIpc) is 2.50. The summed E-state index contributed by atoms with van der Waals surface area (Å²) in [5.41, 5.74) is 0.561. The van der Waals surface area contributed by atoms with Gasteiger partial charge in [0, 0.05) is 35.8 Å². The summed E-state index contributed by atoms with van der Waals surface area (Å²) < 4.78 is 13.9. The molecule has 0 aliphatic heterocycles. The second kappa shape index (κ2) is 6.75. The van der Waals surface area contributed by atoms with Gasteiger partial charge in [-0.1, -0.05) is 17.7 Å². The Hall–Kier alpha value is -2.47.